The van der Waals surface area contributed by atoms with Gasteiger partial charge in [-0.05, 0) is 74.1 Å². The predicted molar refractivity (Wildman–Crippen MR) is 130 cm³/mol. The first kappa shape index (κ1) is 25.2. The molecule has 0 unspecified atom stereocenters. The van der Waals surface area contributed by atoms with Crippen molar-refractivity contribution in [1.29, 1.82) is 0 Å². The minimum atomic E-state index is -3.71. The van der Waals surface area contributed by atoms with Gasteiger partial charge in [-0.2, -0.15) is 4.31 Å². The van der Waals surface area contributed by atoms with Crippen LogP contribution in [0.1, 0.15) is 51.6 Å². The van der Waals surface area contributed by atoms with Gasteiger partial charge in [-0.3, -0.25) is 9.59 Å². The van der Waals surface area contributed by atoms with Crippen LogP contribution in [0, 0.1) is 19.8 Å². The monoisotopic (exact) mass is 491 g/mol. The van der Waals surface area contributed by atoms with E-state index in [0.717, 1.165) is 18.4 Å². The molecule has 0 aromatic heterocycles. The van der Waals surface area contributed by atoms with E-state index in [4.69, 9.17) is 11.6 Å². The van der Waals surface area contributed by atoms with Crippen molar-refractivity contribution >= 4 is 39.1 Å². The predicted octanol–water partition coefficient (Wildman–Crippen LogP) is 4.33. The minimum absolute atomic E-state index is 0.159. The first-order valence-corrected chi connectivity index (χ1v) is 12.7. The highest BCUT2D eigenvalue weighted by atomic mass is 35.5. The Labute approximate surface area is 200 Å². The van der Waals surface area contributed by atoms with Gasteiger partial charge in [-0.25, -0.2) is 8.42 Å². The van der Waals surface area contributed by atoms with E-state index < -0.39 is 15.9 Å². The molecule has 9 heteroatoms. The third kappa shape index (κ3) is 5.39. The second-order valence-corrected chi connectivity index (χ2v) is 11.2. The number of carbonyl (C=O) groups excluding carboxylic acids is 2. The highest BCUT2D eigenvalue weighted by molar-refractivity contribution is 7.89. The first-order chi connectivity index (χ1) is 15.4. The normalized spacial score (nSPS) is 15.3. The van der Waals surface area contributed by atoms with E-state index in [1.165, 1.54) is 21.3 Å². The summed E-state index contributed by atoms with van der Waals surface area (Å²) in [5.41, 5.74) is 2.34. The lowest BCUT2D eigenvalue weighted by molar-refractivity contribution is 0.0827. The third-order valence-electron chi connectivity index (χ3n) is 6.11. The Kier molecular flexibility index (Phi) is 7.51. The van der Waals surface area contributed by atoms with Gasteiger partial charge in [0.15, 0.2) is 0 Å². The summed E-state index contributed by atoms with van der Waals surface area (Å²) in [7, 11) is -0.449. The SMILES string of the molecule is Cc1cc(C(=O)Nc2ccc(C(=O)N(C)C)c(Cl)c2)cc(S(=O)(=O)N2CCC(C)CC2)c1C. The van der Waals surface area contributed by atoms with Crippen molar-refractivity contribution in [2.24, 2.45) is 5.92 Å². The summed E-state index contributed by atoms with van der Waals surface area (Å²) >= 11 is 6.24. The zero-order valence-corrected chi connectivity index (χ0v) is 21.2. The smallest absolute Gasteiger partial charge is 0.255 e. The average molecular weight is 492 g/mol. The molecule has 0 atom stereocenters. The largest absolute Gasteiger partial charge is 0.345 e. The zero-order valence-electron chi connectivity index (χ0n) is 19.6. The molecule has 1 fully saturated rings. The molecule has 2 amide bonds. The van der Waals surface area contributed by atoms with Gasteiger partial charge in [0.25, 0.3) is 11.8 Å². The maximum absolute atomic E-state index is 13.3. The molecule has 0 saturated carbocycles. The summed E-state index contributed by atoms with van der Waals surface area (Å²) in [6, 6.07) is 7.76. The van der Waals surface area contributed by atoms with E-state index in [9.17, 15) is 18.0 Å². The number of carbonyl (C=O) groups is 2. The van der Waals surface area contributed by atoms with E-state index in [-0.39, 0.29) is 21.4 Å². The standard InChI is InChI=1S/C24H30ClN3O4S/c1-15-8-10-28(11-9-15)33(31,32)22-13-18(12-16(2)17(22)3)23(29)26-19-6-7-20(21(25)14-19)24(30)27(4)5/h6-7,12-15H,8-11H2,1-5H3,(H,26,29). The van der Waals surface area contributed by atoms with E-state index >= 15 is 0 Å². The van der Waals surface area contributed by atoms with E-state index in [2.05, 4.69) is 12.2 Å². The Morgan fingerprint density at radius 3 is 2.30 bits per heavy atom. The van der Waals surface area contributed by atoms with Crippen LogP contribution < -0.4 is 5.32 Å². The molecular weight excluding hydrogens is 462 g/mol. The van der Waals surface area contributed by atoms with E-state index in [1.807, 2.05) is 0 Å². The molecule has 1 aliphatic rings. The summed E-state index contributed by atoms with van der Waals surface area (Å²) in [5.74, 6) is -0.193. The van der Waals surface area contributed by atoms with Crippen LogP contribution in [0.4, 0.5) is 5.69 Å². The van der Waals surface area contributed by atoms with Crippen LogP contribution in [-0.4, -0.2) is 56.6 Å². The molecule has 1 N–H and O–H groups in total. The van der Waals surface area contributed by atoms with E-state index in [1.54, 1.807) is 46.1 Å². The van der Waals surface area contributed by atoms with Gasteiger partial charge in [0.2, 0.25) is 10.0 Å². The molecule has 7 nitrogen and oxygen atoms in total. The van der Waals surface area contributed by atoms with Crippen molar-refractivity contribution in [3.63, 3.8) is 0 Å². The van der Waals surface area contributed by atoms with Crippen LogP contribution in [-0.2, 0) is 10.0 Å². The number of nitrogens with one attached hydrogen (secondary N) is 1. The van der Waals surface area contributed by atoms with Gasteiger partial charge in [0, 0.05) is 38.4 Å². The van der Waals surface area contributed by atoms with Crippen LogP contribution in [0.25, 0.3) is 0 Å². The van der Waals surface area contributed by atoms with Crippen molar-refractivity contribution in [1.82, 2.24) is 9.21 Å². The summed E-state index contributed by atoms with van der Waals surface area (Å²) in [5, 5.41) is 2.97. The Hall–Kier alpha value is -2.42. The number of anilines is 1. The van der Waals surface area contributed by atoms with Crippen molar-refractivity contribution in [3.8, 4) is 0 Å². The number of aryl methyl sites for hydroxylation is 1. The van der Waals surface area contributed by atoms with Gasteiger partial charge in [-0.15, -0.1) is 0 Å². The van der Waals surface area contributed by atoms with Crippen LogP contribution in [0.2, 0.25) is 5.02 Å². The quantitative estimate of drug-likeness (QED) is 0.674. The van der Waals surface area contributed by atoms with Crippen molar-refractivity contribution in [2.75, 3.05) is 32.5 Å². The number of nitrogens with zero attached hydrogens (tertiary/aromatic N) is 2. The summed E-state index contributed by atoms with van der Waals surface area (Å²) < 4.78 is 28.2. The second-order valence-electron chi connectivity index (χ2n) is 8.85. The number of hydrogen-bond acceptors (Lipinski definition) is 4. The molecule has 0 radical (unpaired) electrons. The molecule has 3 rings (SSSR count). The lowest BCUT2D eigenvalue weighted by Crippen LogP contribution is -2.38. The lowest BCUT2D eigenvalue weighted by atomic mass is 10.0. The Morgan fingerprint density at radius 2 is 1.73 bits per heavy atom. The van der Waals surface area contributed by atoms with Crippen LogP contribution in [0.3, 0.4) is 0 Å². The highest BCUT2D eigenvalue weighted by Gasteiger charge is 2.30. The number of rotatable bonds is 5. The molecule has 0 bridgehead atoms. The molecule has 1 heterocycles. The van der Waals surface area contributed by atoms with Gasteiger partial charge >= 0.3 is 0 Å². The Bertz CT molecular complexity index is 1190. The van der Waals surface area contributed by atoms with Crippen molar-refractivity contribution in [3.05, 3.63) is 57.6 Å². The number of hydrogen-bond donors (Lipinski definition) is 1. The molecule has 1 aliphatic heterocycles. The van der Waals surface area contributed by atoms with E-state index in [0.29, 0.717) is 35.8 Å². The molecule has 2 aromatic carbocycles. The van der Waals surface area contributed by atoms with Gasteiger partial charge in [0.05, 0.1) is 15.5 Å². The second kappa shape index (κ2) is 9.83. The third-order valence-corrected chi connectivity index (χ3v) is 8.44. The van der Waals surface area contributed by atoms with Gasteiger partial charge in [0.1, 0.15) is 0 Å². The molecular formula is C24H30ClN3O4S. The van der Waals surface area contributed by atoms with Crippen LogP contribution in [0.5, 0.6) is 0 Å². The lowest BCUT2D eigenvalue weighted by Gasteiger charge is -2.30. The highest BCUT2D eigenvalue weighted by Crippen LogP contribution is 2.29. The number of piperidine rings is 1. The minimum Gasteiger partial charge on any atom is -0.345 e. The number of amides is 2. The maximum atomic E-state index is 13.3. The van der Waals surface area contributed by atoms with Gasteiger partial charge < -0.3 is 10.2 Å². The fraction of sp³-hybridized carbons (Fsp3) is 0.417. The summed E-state index contributed by atoms with van der Waals surface area (Å²) in [4.78, 5) is 26.7. The van der Waals surface area contributed by atoms with Crippen LogP contribution >= 0.6 is 11.6 Å². The molecule has 0 aliphatic carbocycles. The van der Waals surface area contributed by atoms with Crippen molar-refractivity contribution in [2.45, 2.75) is 38.5 Å². The zero-order chi connectivity index (χ0) is 24.5. The van der Waals surface area contributed by atoms with Gasteiger partial charge in [-0.1, -0.05) is 18.5 Å². The fourth-order valence-electron chi connectivity index (χ4n) is 3.80. The van der Waals surface area contributed by atoms with Crippen LogP contribution in [0.15, 0.2) is 35.2 Å². The van der Waals surface area contributed by atoms with Crippen molar-refractivity contribution < 1.29 is 18.0 Å². The Balaban J connectivity index is 1.88. The molecule has 178 valence electrons. The molecule has 1 saturated heterocycles. The number of benzene rings is 2. The molecule has 33 heavy (non-hydrogen) atoms. The summed E-state index contributed by atoms with van der Waals surface area (Å²) in [6.07, 6.45) is 1.65. The Morgan fingerprint density at radius 1 is 1.09 bits per heavy atom. The summed E-state index contributed by atoms with van der Waals surface area (Å²) in [6.45, 7) is 6.64. The average Bonchev–Trinajstić information content (AvgIpc) is 2.75. The number of sulfonamides is 1. The first-order valence-electron chi connectivity index (χ1n) is 10.9. The molecule has 0 spiro atoms. The topological polar surface area (TPSA) is 86.8 Å². The maximum Gasteiger partial charge on any atom is 0.255 e. The molecule has 2 aromatic rings. The fourth-order valence-corrected chi connectivity index (χ4v) is 5.86. The number of halogens is 1.